The smallest absolute Gasteiger partial charge is 0.251 e. The van der Waals surface area contributed by atoms with Crippen LogP contribution in [0, 0.1) is 0 Å². The number of nitrogens with zero attached hydrogens (tertiary/aromatic N) is 1. The molecule has 1 aromatic heterocycles. The zero-order chi connectivity index (χ0) is 17.2. The standard InChI is InChI=1S/C18H15ClN2O3S/c19-12-8-11(9-14-17(12)24-10-23-14)18(22)20-7-3-6-16-21-13-4-1-2-5-15(13)25-16/h1-2,4-5,8-9H,3,6-7,10H2,(H,20,22). The molecule has 1 N–H and O–H groups in total. The molecule has 3 aromatic rings. The van der Waals surface area contributed by atoms with Gasteiger partial charge in [0.1, 0.15) is 0 Å². The molecule has 2 aromatic carbocycles. The van der Waals surface area contributed by atoms with E-state index in [1.807, 2.05) is 18.2 Å². The van der Waals surface area contributed by atoms with Gasteiger partial charge in [0.2, 0.25) is 6.79 Å². The van der Waals surface area contributed by atoms with E-state index in [-0.39, 0.29) is 12.7 Å². The molecule has 0 fully saturated rings. The summed E-state index contributed by atoms with van der Waals surface area (Å²) in [5.41, 5.74) is 1.50. The van der Waals surface area contributed by atoms with Crippen LogP contribution in [0.5, 0.6) is 11.5 Å². The van der Waals surface area contributed by atoms with Crippen molar-refractivity contribution in [2.45, 2.75) is 12.8 Å². The van der Waals surface area contributed by atoms with E-state index in [2.05, 4.69) is 16.4 Å². The number of nitrogens with one attached hydrogen (secondary N) is 1. The molecule has 0 atom stereocenters. The minimum atomic E-state index is -0.176. The zero-order valence-electron chi connectivity index (χ0n) is 13.3. The first-order chi connectivity index (χ1) is 12.2. The molecule has 0 unspecified atom stereocenters. The Balaban J connectivity index is 1.32. The number of hydrogen-bond acceptors (Lipinski definition) is 5. The Labute approximate surface area is 153 Å². The van der Waals surface area contributed by atoms with Crippen molar-refractivity contribution in [1.29, 1.82) is 0 Å². The molecule has 128 valence electrons. The lowest BCUT2D eigenvalue weighted by atomic mass is 10.2. The predicted octanol–water partition coefficient (Wildman–Crippen LogP) is 4.04. The van der Waals surface area contributed by atoms with Gasteiger partial charge in [0, 0.05) is 18.5 Å². The highest BCUT2D eigenvalue weighted by Gasteiger charge is 2.20. The number of ether oxygens (including phenoxy) is 2. The van der Waals surface area contributed by atoms with Crippen molar-refractivity contribution in [2.24, 2.45) is 0 Å². The Morgan fingerprint density at radius 1 is 1.28 bits per heavy atom. The SMILES string of the molecule is O=C(NCCCc1nc2ccccc2s1)c1cc(Cl)c2c(c1)OCO2. The van der Waals surface area contributed by atoms with Crippen molar-refractivity contribution in [3.8, 4) is 11.5 Å². The van der Waals surface area contributed by atoms with E-state index in [0.29, 0.717) is 28.6 Å². The van der Waals surface area contributed by atoms with E-state index in [9.17, 15) is 4.79 Å². The van der Waals surface area contributed by atoms with Crippen molar-refractivity contribution in [1.82, 2.24) is 10.3 Å². The summed E-state index contributed by atoms with van der Waals surface area (Å²) in [6.45, 7) is 0.698. The summed E-state index contributed by atoms with van der Waals surface area (Å²) in [6.07, 6.45) is 1.66. The first-order valence-corrected chi connectivity index (χ1v) is 9.12. The number of aromatic nitrogens is 1. The number of rotatable bonds is 5. The second-order valence-electron chi connectivity index (χ2n) is 5.63. The van der Waals surface area contributed by atoms with Crippen molar-refractivity contribution < 1.29 is 14.3 Å². The minimum absolute atomic E-state index is 0.127. The predicted molar refractivity (Wildman–Crippen MR) is 97.8 cm³/mol. The molecule has 1 aliphatic heterocycles. The number of para-hydroxylation sites is 1. The minimum Gasteiger partial charge on any atom is -0.454 e. The molecule has 4 rings (SSSR count). The van der Waals surface area contributed by atoms with Crippen molar-refractivity contribution in [3.05, 3.63) is 52.0 Å². The van der Waals surface area contributed by atoms with Crippen molar-refractivity contribution >= 4 is 39.1 Å². The summed E-state index contributed by atoms with van der Waals surface area (Å²) in [6, 6.07) is 11.3. The first-order valence-electron chi connectivity index (χ1n) is 7.92. The number of fused-ring (bicyclic) bond motifs is 2. The molecular formula is C18H15ClN2O3S. The fourth-order valence-corrected chi connectivity index (χ4v) is 3.94. The van der Waals surface area contributed by atoms with Gasteiger partial charge >= 0.3 is 0 Å². The van der Waals surface area contributed by atoms with Gasteiger partial charge in [-0.2, -0.15) is 0 Å². The fraction of sp³-hybridized carbons (Fsp3) is 0.222. The number of carbonyl (C=O) groups excluding carboxylic acids is 1. The van der Waals surface area contributed by atoms with Crippen molar-refractivity contribution in [2.75, 3.05) is 13.3 Å². The second-order valence-corrected chi connectivity index (χ2v) is 7.15. The molecule has 0 radical (unpaired) electrons. The zero-order valence-corrected chi connectivity index (χ0v) is 14.8. The molecular weight excluding hydrogens is 360 g/mol. The van der Waals surface area contributed by atoms with Crippen LogP contribution in [-0.2, 0) is 6.42 Å². The number of halogens is 1. The van der Waals surface area contributed by atoms with Crippen LogP contribution < -0.4 is 14.8 Å². The van der Waals surface area contributed by atoms with Crippen LogP contribution >= 0.6 is 22.9 Å². The monoisotopic (exact) mass is 374 g/mol. The third kappa shape index (κ3) is 3.41. The normalized spacial score (nSPS) is 12.5. The molecule has 5 nitrogen and oxygen atoms in total. The van der Waals surface area contributed by atoms with Gasteiger partial charge in [0.05, 0.1) is 20.2 Å². The molecule has 1 aliphatic rings. The van der Waals surface area contributed by atoms with Crippen LogP contribution in [0.1, 0.15) is 21.8 Å². The average molecular weight is 375 g/mol. The maximum Gasteiger partial charge on any atom is 0.251 e. The van der Waals surface area contributed by atoms with Crippen LogP contribution in [0.2, 0.25) is 5.02 Å². The maximum atomic E-state index is 12.3. The third-order valence-electron chi connectivity index (χ3n) is 3.88. The number of benzene rings is 2. The maximum absolute atomic E-state index is 12.3. The molecule has 0 bridgehead atoms. The van der Waals surface area contributed by atoms with E-state index in [4.69, 9.17) is 21.1 Å². The molecule has 0 saturated heterocycles. The van der Waals surface area contributed by atoms with Crippen LogP contribution in [0.15, 0.2) is 36.4 Å². The van der Waals surface area contributed by atoms with E-state index in [1.54, 1.807) is 23.5 Å². The average Bonchev–Trinajstić information content (AvgIpc) is 3.24. The Hall–Kier alpha value is -2.31. The Morgan fingerprint density at radius 3 is 3.04 bits per heavy atom. The summed E-state index contributed by atoms with van der Waals surface area (Å²) in [4.78, 5) is 16.9. The summed E-state index contributed by atoms with van der Waals surface area (Å²) in [7, 11) is 0. The molecule has 1 amide bonds. The van der Waals surface area contributed by atoms with Crippen molar-refractivity contribution in [3.63, 3.8) is 0 Å². The summed E-state index contributed by atoms with van der Waals surface area (Å²) >= 11 is 7.80. The lowest BCUT2D eigenvalue weighted by Crippen LogP contribution is -2.24. The summed E-state index contributed by atoms with van der Waals surface area (Å²) < 4.78 is 11.7. The Morgan fingerprint density at radius 2 is 2.16 bits per heavy atom. The largest absolute Gasteiger partial charge is 0.454 e. The van der Waals surface area contributed by atoms with Gasteiger partial charge in [0.25, 0.3) is 5.91 Å². The molecule has 0 saturated carbocycles. The number of amides is 1. The number of thiazole rings is 1. The van der Waals surface area contributed by atoms with Crippen LogP contribution in [0.3, 0.4) is 0 Å². The highest BCUT2D eigenvalue weighted by molar-refractivity contribution is 7.18. The number of aryl methyl sites for hydroxylation is 1. The molecule has 25 heavy (non-hydrogen) atoms. The molecule has 7 heteroatoms. The van der Waals surface area contributed by atoms with Crippen LogP contribution in [0.25, 0.3) is 10.2 Å². The van der Waals surface area contributed by atoms with Gasteiger partial charge in [-0.1, -0.05) is 23.7 Å². The van der Waals surface area contributed by atoms with E-state index in [1.165, 1.54) is 4.70 Å². The molecule has 0 spiro atoms. The van der Waals surface area contributed by atoms with Gasteiger partial charge in [-0.25, -0.2) is 4.98 Å². The van der Waals surface area contributed by atoms with E-state index in [0.717, 1.165) is 23.4 Å². The van der Waals surface area contributed by atoms with Gasteiger partial charge in [0.15, 0.2) is 11.5 Å². The summed E-state index contributed by atoms with van der Waals surface area (Å²) in [5, 5.41) is 4.37. The highest BCUT2D eigenvalue weighted by Crippen LogP contribution is 2.39. The van der Waals surface area contributed by atoms with E-state index >= 15 is 0 Å². The molecule has 0 aliphatic carbocycles. The van der Waals surface area contributed by atoms with Gasteiger partial charge < -0.3 is 14.8 Å². The topological polar surface area (TPSA) is 60.5 Å². The van der Waals surface area contributed by atoms with Gasteiger partial charge in [-0.05, 0) is 30.7 Å². The summed E-state index contributed by atoms with van der Waals surface area (Å²) in [5.74, 6) is 0.825. The van der Waals surface area contributed by atoms with Gasteiger partial charge in [-0.15, -0.1) is 11.3 Å². The first kappa shape index (κ1) is 16.2. The van der Waals surface area contributed by atoms with E-state index < -0.39 is 0 Å². The van der Waals surface area contributed by atoms with Crippen LogP contribution in [-0.4, -0.2) is 24.2 Å². The highest BCUT2D eigenvalue weighted by atomic mass is 35.5. The Kier molecular flexibility index (Phi) is 4.46. The number of hydrogen-bond donors (Lipinski definition) is 1. The molecule has 2 heterocycles. The quantitative estimate of drug-likeness (QED) is 0.685. The van der Waals surface area contributed by atoms with Crippen LogP contribution in [0.4, 0.5) is 0 Å². The lowest BCUT2D eigenvalue weighted by Gasteiger charge is -2.06. The Bertz CT molecular complexity index is 908. The second kappa shape index (κ2) is 6.90. The number of carbonyl (C=O) groups is 1. The fourth-order valence-electron chi connectivity index (χ4n) is 2.67. The van der Waals surface area contributed by atoms with Gasteiger partial charge in [-0.3, -0.25) is 4.79 Å². The third-order valence-corrected chi connectivity index (χ3v) is 5.26. The lowest BCUT2D eigenvalue weighted by molar-refractivity contribution is 0.0952.